The largest absolute Gasteiger partial charge is 0.601 e. The minimum atomic E-state index is -3.70. The Kier molecular flexibility index (Phi) is 4.95. The fourth-order valence-electron chi connectivity index (χ4n) is 4.94. The van der Waals surface area contributed by atoms with Crippen LogP contribution in [0.2, 0.25) is 0 Å². The summed E-state index contributed by atoms with van der Waals surface area (Å²) in [5, 5.41) is 4.29. The Labute approximate surface area is 194 Å². The van der Waals surface area contributed by atoms with Crippen LogP contribution in [-0.4, -0.2) is 17.3 Å². The smallest absolute Gasteiger partial charge is 0.411 e. The summed E-state index contributed by atoms with van der Waals surface area (Å²) in [5.41, 5.74) is 1.84. The highest BCUT2D eigenvalue weighted by molar-refractivity contribution is 7.57. The molecule has 2 aliphatic heterocycles. The molecular weight excluding hydrogens is 429 g/mol. The molecule has 0 N–H and O–H groups in total. The van der Waals surface area contributed by atoms with E-state index >= 15 is 0 Å². The normalized spacial score (nSPS) is 19.2. The highest BCUT2D eigenvalue weighted by Gasteiger charge is 2.49. The topological polar surface area (TPSA) is 44.8 Å². The predicted molar refractivity (Wildman–Crippen MR) is 134 cm³/mol. The van der Waals surface area contributed by atoms with Crippen LogP contribution in [0.25, 0.3) is 32.7 Å². The number of rotatable bonds is 3. The maximum absolute atomic E-state index is 14.5. The van der Waals surface area contributed by atoms with Gasteiger partial charge in [0, 0.05) is 17.7 Å². The second-order valence-corrected chi connectivity index (χ2v) is 10.3. The number of hydrogen-bond donors (Lipinski definition) is 0. The lowest BCUT2D eigenvalue weighted by Crippen LogP contribution is -2.44. The van der Waals surface area contributed by atoms with E-state index in [1.165, 1.54) is 0 Å². The van der Waals surface area contributed by atoms with Crippen molar-refractivity contribution in [1.29, 1.82) is 0 Å². The molecule has 0 amide bonds. The van der Waals surface area contributed by atoms with E-state index in [1.54, 1.807) is 0 Å². The van der Waals surface area contributed by atoms with Crippen molar-refractivity contribution in [2.45, 2.75) is 18.9 Å². The van der Waals surface area contributed by atoms with Crippen molar-refractivity contribution in [2.24, 2.45) is 0 Å². The molecule has 0 bridgehead atoms. The molecule has 4 aromatic rings. The van der Waals surface area contributed by atoms with Gasteiger partial charge in [-0.2, -0.15) is 0 Å². The maximum atomic E-state index is 14.5. The quantitative estimate of drug-likeness (QED) is 0.257. The lowest BCUT2D eigenvalue weighted by Gasteiger charge is -2.39. The van der Waals surface area contributed by atoms with Gasteiger partial charge in [0.1, 0.15) is 0 Å². The van der Waals surface area contributed by atoms with Crippen molar-refractivity contribution in [3.05, 3.63) is 97.6 Å². The first-order valence-corrected chi connectivity index (χ1v) is 12.8. The molecule has 5 heteroatoms. The van der Waals surface area contributed by atoms with Crippen LogP contribution in [-0.2, 0) is 0 Å². The lowest BCUT2D eigenvalue weighted by atomic mass is 9.92. The molecule has 0 fully saturated rings. The van der Waals surface area contributed by atoms with E-state index in [2.05, 4.69) is 43.0 Å². The molecule has 0 spiro atoms. The van der Waals surface area contributed by atoms with E-state index in [0.29, 0.717) is 24.5 Å². The summed E-state index contributed by atoms with van der Waals surface area (Å²) in [6.45, 7) is 4.48. The second kappa shape index (κ2) is 8.00. The first-order valence-electron chi connectivity index (χ1n) is 11.3. The molecule has 0 radical (unpaired) electrons. The van der Waals surface area contributed by atoms with Crippen LogP contribution >= 0.6 is 8.09 Å². The van der Waals surface area contributed by atoms with Gasteiger partial charge in [-0.3, -0.25) is 9.05 Å². The van der Waals surface area contributed by atoms with Crippen LogP contribution in [0.15, 0.2) is 97.6 Å². The van der Waals surface area contributed by atoms with E-state index in [-0.39, 0.29) is 6.04 Å². The van der Waals surface area contributed by atoms with Crippen LogP contribution in [0, 0.1) is 0 Å². The zero-order valence-corrected chi connectivity index (χ0v) is 19.1. The zero-order valence-electron chi connectivity index (χ0n) is 18.2. The molecule has 33 heavy (non-hydrogen) atoms. The van der Waals surface area contributed by atoms with E-state index in [4.69, 9.17) is 9.05 Å². The van der Waals surface area contributed by atoms with Gasteiger partial charge in [-0.25, -0.2) is 0 Å². The first kappa shape index (κ1) is 20.4. The van der Waals surface area contributed by atoms with Crippen LogP contribution in [0.5, 0.6) is 11.5 Å². The van der Waals surface area contributed by atoms with Gasteiger partial charge in [0.05, 0.1) is 6.04 Å². The van der Waals surface area contributed by atoms with Crippen molar-refractivity contribution in [2.75, 3.05) is 6.54 Å². The van der Waals surface area contributed by atoms with Crippen molar-refractivity contribution in [3.8, 4) is 22.6 Å². The third-order valence-corrected chi connectivity index (χ3v) is 8.43. The molecule has 0 aromatic heterocycles. The number of benzene rings is 4. The van der Waals surface area contributed by atoms with Gasteiger partial charge in [0.2, 0.25) is 0 Å². The van der Waals surface area contributed by atoms with Crippen LogP contribution < -0.4 is 13.9 Å². The third-order valence-electron chi connectivity index (χ3n) is 6.45. The van der Waals surface area contributed by atoms with Gasteiger partial charge < -0.3 is 4.89 Å². The summed E-state index contributed by atoms with van der Waals surface area (Å²) in [6, 6.07) is 24.2. The van der Waals surface area contributed by atoms with Gasteiger partial charge in [0.15, 0.2) is 11.5 Å². The van der Waals surface area contributed by atoms with E-state index in [9.17, 15) is 4.89 Å². The molecule has 1 atom stereocenters. The van der Waals surface area contributed by atoms with Crippen LogP contribution in [0.3, 0.4) is 0 Å². The van der Waals surface area contributed by atoms with Gasteiger partial charge in [-0.15, -0.1) is 11.2 Å². The first-order chi connectivity index (χ1) is 16.2. The standard InChI is InChI=1S/C28H24NO3P/c1-2-9-22-12-7-8-19-29(22)33(30)31-25-17-15-20-10-3-5-13-23(20)27(25)28-24-14-6-4-11-21(24)16-18-26(28)32-33/h2-7,10-18,22H,1,8-9,19H2/t22-/m1/s1. The number of fused-ring (bicyclic) bond motifs is 7. The summed E-state index contributed by atoms with van der Waals surface area (Å²) in [4.78, 5) is 14.5. The Balaban J connectivity index is 1.64. The van der Waals surface area contributed by atoms with E-state index in [1.807, 2.05) is 59.3 Å². The Morgan fingerprint density at radius 1 is 0.879 bits per heavy atom. The molecule has 164 valence electrons. The molecule has 6 rings (SSSR count). The Bertz CT molecular complexity index is 1330. The van der Waals surface area contributed by atoms with Crippen molar-refractivity contribution in [3.63, 3.8) is 0 Å². The highest BCUT2D eigenvalue weighted by Crippen LogP contribution is 2.63. The lowest BCUT2D eigenvalue weighted by molar-refractivity contribution is -0.219. The van der Waals surface area contributed by atoms with E-state index < -0.39 is 8.09 Å². The van der Waals surface area contributed by atoms with Crippen molar-refractivity contribution >= 4 is 29.6 Å². The van der Waals surface area contributed by atoms with Crippen LogP contribution in [0.1, 0.15) is 12.8 Å². The zero-order chi connectivity index (χ0) is 22.4. The average molecular weight is 453 g/mol. The fourth-order valence-corrected chi connectivity index (χ4v) is 6.89. The molecule has 0 unspecified atom stereocenters. The van der Waals surface area contributed by atoms with Gasteiger partial charge >= 0.3 is 8.09 Å². The minimum Gasteiger partial charge on any atom is -0.601 e. The molecule has 0 saturated carbocycles. The third kappa shape index (κ3) is 3.34. The predicted octanol–water partition coefficient (Wildman–Crippen LogP) is 6.68. The van der Waals surface area contributed by atoms with Crippen LogP contribution in [0.4, 0.5) is 0 Å². The van der Waals surface area contributed by atoms with E-state index in [0.717, 1.165) is 39.1 Å². The SMILES string of the molecule is C=CC[C@@H]1C=CCCN1[P+]1([O-])Oc2ccc3ccccc3c2-c2c(ccc3ccccc23)O1. The average Bonchev–Trinajstić information content (AvgIpc) is 2.98. The second-order valence-electron chi connectivity index (χ2n) is 8.44. The molecule has 2 heterocycles. The molecule has 2 aliphatic rings. The Hall–Kier alpha value is -3.17. The molecular formula is C28H24NO3P. The summed E-state index contributed by atoms with van der Waals surface area (Å²) in [5.74, 6) is 1.16. The van der Waals surface area contributed by atoms with Gasteiger partial charge in [-0.05, 0) is 46.5 Å². The summed E-state index contributed by atoms with van der Waals surface area (Å²) < 4.78 is 14.7. The summed E-state index contributed by atoms with van der Waals surface area (Å²) >= 11 is 0. The highest BCUT2D eigenvalue weighted by atomic mass is 31.2. The molecule has 0 aliphatic carbocycles. The molecule has 4 aromatic carbocycles. The number of hydrogen-bond acceptors (Lipinski definition) is 4. The fraction of sp³-hybridized carbons (Fsp3) is 0.143. The summed E-state index contributed by atoms with van der Waals surface area (Å²) in [7, 11) is -3.70. The van der Waals surface area contributed by atoms with Gasteiger partial charge in [-0.1, -0.05) is 78.9 Å². The van der Waals surface area contributed by atoms with Gasteiger partial charge in [0.25, 0.3) is 0 Å². The van der Waals surface area contributed by atoms with Crippen molar-refractivity contribution < 1.29 is 13.9 Å². The number of nitrogens with zero attached hydrogens (tertiary/aromatic N) is 1. The molecule has 0 saturated heterocycles. The minimum absolute atomic E-state index is 0.0898. The van der Waals surface area contributed by atoms with Crippen molar-refractivity contribution in [1.82, 2.24) is 4.67 Å². The Morgan fingerprint density at radius 2 is 1.45 bits per heavy atom. The summed E-state index contributed by atoms with van der Waals surface area (Å²) in [6.07, 6.45) is 7.50. The Morgan fingerprint density at radius 3 is 2.03 bits per heavy atom. The monoisotopic (exact) mass is 453 g/mol. The molecule has 4 nitrogen and oxygen atoms in total. The maximum Gasteiger partial charge on any atom is 0.411 e.